The van der Waals surface area contributed by atoms with Gasteiger partial charge < -0.3 is 0 Å². The van der Waals surface area contributed by atoms with E-state index in [2.05, 4.69) is 39.8 Å². The fourth-order valence-electron chi connectivity index (χ4n) is 3.86. The molecule has 0 amide bonds. The maximum Gasteiger partial charge on any atom is 0.269 e. The second-order valence-corrected chi connectivity index (χ2v) is 8.38. The number of nitrogens with zero attached hydrogens (tertiary/aromatic N) is 2. The van der Waals surface area contributed by atoms with Crippen LogP contribution in [0.5, 0.6) is 0 Å². The van der Waals surface area contributed by atoms with Gasteiger partial charge in [-0.1, -0.05) is 30.3 Å². The first-order chi connectivity index (χ1) is 12.2. The molecule has 1 aliphatic rings. The molecule has 1 saturated heterocycles. The van der Waals surface area contributed by atoms with E-state index in [0.29, 0.717) is 6.42 Å². The Kier molecular flexibility index (Phi) is 6.95. The topological polar surface area (TPSA) is 55.6 Å². The largest absolute Gasteiger partial charge is 0.287 e. The molecule has 1 fully saturated rings. The molecule has 1 aromatic rings. The van der Waals surface area contributed by atoms with Crippen LogP contribution in [0.1, 0.15) is 65.4 Å². The molecular formula is C21H32N2O3. The summed E-state index contributed by atoms with van der Waals surface area (Å²) in [5.41, 5.74) is 1.18. The predicted octanol–water partition coefficient (Wildman–Crippen LogP) is 5.14. The fourth-order valence-corrected chi connectivity index (χ4v) is 3.86. The molecule has 0 saturated carbocycles. The number of unbranched alkanes of at least 4 members (excludes halogenated alkanes) is 1. The molecule has 5 heteroatoms. The molecule has 1 aliphatic heterocycles. The Morgan fingerprint density at radius 1 is 1.19 bits per heavy atom. The predicted molar refractivity (Wildman–Crippen MR) is 104 cm³/mol. The Balaban J connectivity index is 1.91. The maximum absolute atomic E-state index is 11.4. The zero-order valence-corrected chi connectivity index (χ0v) is 16.5. The van der Waals surface area contributed by atoms with Crippen molar-refractivity contribution in [2.75, 3.05) is 6.61 Å². The molecule has 0 aliphatic carbocycles. The normalized spacial score (nSPS) is 20.1. The molecule has 1 heterocycles. The smallest absolute Gasteiger partial charge is 0.269 e. The molecule has 26 heavy (non-hydrogen) atoms. The second-order valence-electron chi connectivity index (χ2n) is 8.38. The highest BCUT2D eigenvalue weighted by molar-refractivity contribution is 5.14. The average Bonchev–Trinajstić information content (AvgIpc) is 2.56. The number of aryl methyl sites for hydroxylation is 1. The lowest BCUT2D eigenvalue weighted by molar-refractivity contribution is -0.438. The third kappa shape index (κ3) is 5.64. The number of allylic oxidation sites excluding steroid dienone is 1. The summed E-state index contributed by atoms with van der Waals surface area (Å²) in [7, 11) is 0. The van der Waals surface area contributed by atoms with Gasteiger partial charge in [0.15, 0.2) is 6.61 Å². The molecule has 0 N–H and O–H groups in total. The van der Waals surface area contributed by atoms with E-state index in [-0.39, 0.29) is 28.3 Å². The number of hydrogen-bond acceptors (Lipinski definition) is 4. The van der Waals surface area contributed by atoms with Crippen LogP contribution in [0.4, 0.5) is 0 Å². The second kappa shape index (κ2) is 8.78. The molecule has 0 unspecified atom stereocenters. The van der Waals surface area contributed by atoms with Crippen LogP contribution in [0, 0.1) is 10.1 Å². The maximum atomic E-state index is 11.4. The van der Waals surface area contributed by atoms with Crippen LogP contribution in [0.15, 0.2) is 42.1 Å². The minimum Gasteiger partial charge on any atom is -0.287 e. The zero-order chi connectivity index (χ0) is 19.2. The van der Waals surface area contributed by atoms with Crippen molar-refractivity contribution in [1.82, 2.24) is 5.06 Å². The van der Waals surface area contributed by atoms with Crippen LogP contribution < -0.4 is 0 Å². The summed E-state index contributed by atoms with van der Waals surface area (Å²) >= 11 is 0. The monoisotopic (exact) mass is 360 g/mol. The minimum atomic E-state index is -0.313. The van der Waals surface area contributed by atoms with Gasteiger partial charge in [0, 0.05) is 11.1 Å². The van der Waals surface area contributed by atoms with Crippen molar-refractivity contribution in [3.63, 3.8) is 0 Å². The summed E-state index contributed by atoms with van der Waals surface area (Å²) in [6.07, 6.45) is 7.43. The van der Waals surface area contributed by atoms with Gasteiger partial charge in [0.1, 0.15) is 0 Å². The summed E-state index contributed by atoms with van der Waals surface area (Å²) < 4.78 is 0. The van der Waals surface area contributed by atoms with E-state index in [9.17, 15) is 10.1 Å². The van der Waals surface area contributed by atoms with Crippen LogP contribution in [0.3, 0.4) is 0 Å². The van der Waals surface area contributed by atoms with Crippen molar-refractivity contribution >= 4 is 0 Å². The van der Waals surface area contributed by atoms with Gasteiger partial charge in [-0.05, 0) is 77.9 Å². The Morgan fingerprint density at radius 2 is 1.81 bits per heavy atom. The molecule has 0 spiro atoms. The highest BCUT2D eigenvalue weighted by atomic mass is 16.7. The van der Waals surface area contributed by atoms with Crippen molar-refractivity contribution in [3.8, 4) is 0 Å². The summed E-state index contributed by atoms with van der Waals surface area (Å²) in [6, 6.07) is 10.2. The van der Waals surface area contributed by atoms with E-state index in [1.54, 1.807) is 6.08 Å². The standard InChI is InChI=1S/C21H32N2O3/c1-20(2)15-10-16-21(3,4)23(20)26-17-19(22(24)25)14-9-8-13-18-11-6-5-7-12-18/h5-7,11-12,14H,8-10,13,15-17H2,1-4H3/b19-14-. The van der Waals surface area contributed by atoms with Crippen LogP contribution in [0.25, 0.3) is 0 Å². The van der Waals surface area contributed by atoms with Crippen LogP contribution in [-0.2, 0) is 11.3 Å². The Hall–Kier alpha value is -1.72. The molecule has 2 rings (SSSR count). The van der Waals surface area contributed by atoms with E-state index < -0.39 is 0 Å². The SMILES string of the molecule is CC1(C)CCCC(C)(C)N1OC/C(=C/CCCc1ccccc1)[N+](=O)[O-]. The van der Waals surface area contributed by atoms with Gasteiger partial charge in [-0.2, -0.15) is 5.06 Å². The first kappa shape index (κ1) is 20.6. The Bertz CT molecular complexity index is 607. The van der Waals surface area contributed by atoms with Crippen molar-refractivity contribution < 1.29 is 9.76 Å². The van der Waals surface area contributed by atoms with E-state index in [4.69, 9.17) is 4.84 Å². The van der Waals surface area contributed by atoms with Gasteiger partial charge in [0.05, 0.1) is 4.92 Å². The number of nitro groups is 1. The summed E-state index contributed by atoms with van der Waals surface area (Å²) in [6.45, 7) is 8.59. The number of piperidine rings is 1. The number of hydrogen-bond donors (Lipinski definition) is 0. The lowest BCUT2D eigenvalue weighted by Gasteiger charge is -2.51. The van der Waals surface area contributed by atoms with Crippen molar-refractivity contribution in [3.05, 3.63) is 57.8 Å². The number of benzene rings is 1. The molecule has 0 radical (unpaired) electrons. The van der Waals surface area contributed by atoms with E-state index >= 15 is 0 Å². The lowest BCUT2D eigenvalue weighted by Crippen LogP contribution is -2.58. The fraction of sp³-hybridized carbons (Fsp3) is 0.619. The summed E-state index contributed by atoms with van der Waals surface area (Å²) in [4.78, 5) is 17.1. The van der Waals surface area contributed by atoms with E-state index in [1.807, 2.05) is 23.3 Å². The molecule has 5 nitrogen and oxygen atoms in total. The van der Waals surface area contributed by atoms with Gasteiger partial charge in [-0.25, -0.2) is 0 Å². The van der Waals surface area contributed by atoms with E-state index in [0.717, 1.165) is 32.1 Å². The van der Waals surface area contributed by atoms with Gasteiger partial charge in [0.2, 0.25) is 0 Å². The zero-order valence-electron chi connectivity index (χ0n) is 16.5. The van der Waals surface area contributed by atoms with Gasteiger partial charge >= 0.3 is 0 Å². The number of rotatable bonds is 8. The summed E-state index contributed by atoms with van der Waals surface area (Å²) in [5.74, 6) is 0. The summed E-state index contributed by atoms with van der Waals surface area (Å²) in [5, 5.41) is 13.4. The first-order valence-electron chi connectivity index (χ1n) is 9.53. The third-order valence-electron chi connectivity index (χ3n) is 5.15. The molecule has 1 aromatic carbocycles. The lowest BCUT2D eigenvalue weighted by atomic mass is 9.82. The van der Waals surface area contributed by atoms with Crippen LogP contribution in [0.2, 0.25) is 0 Å². The molecule has 0 atom stereocenters. The molecular weight excluding hydrogens is 328 g/mol. The highest BCUT2D eigenvalue weighted by Gasteiger charge is 2.42. The van der Waals surface area contributed by atoms with Crippen LogP contribution in [-0.4, -0.2) is 27.7 Å². The van der Waals surface area contributed by atoms with Crippen LogP contribution >= 0.6 is 0 Å². The van der Waals surface area contributed by atoms with Crippen molar-refractivity contribution in [2.45, 2.75) is 77.3 Å². The van der Waals surface area contributed by atoms with Gasteiger partial charge in [0.25, 0.3) is 5.70 Å². The minimum absolute atomic E-state index is 0.0190. The average molecular weight is 360 g/mol. The van der Waals surface area contributed by atoms with Gasteiger partial charge in [-0.3, -0.25) is 15.0 Å². The van der Waals surface area contributed by atoms with Crippen molar-refractivity contribution in [1.29, 1.82) is 0 Å². The Morgan fingerprint density at radius 3 is 2.38 bits per heavy atom. The quantitative estimate of drug-likeness (QED) is 0.366. The molecule has 144 valence electrons. The molecule has 0 bridgehead atoms. The third-order valence-corrected chi connectivity index (χ3v) is 5.15. The molecule has 0 aromatic heterocycles. The number of hydroxylamine groups is 2. The van der Waals surface area contributed by atoms with E-state index in [1.165, 1.54) is 5.56 Å². The van der Waals surface area contributed by atoms with Crippen molar-refractivity contribution in [2.24, 2.45) is 0 Å². The highest BCUT2D eigenvalue weighted by Crippen LogP contribution is 2.38. The van der Waals surface area contributed by atoms with Gasteiger partial charge in [-0.15, -0.1) is 0 Å². The first-order valence-corrected chi connectivity index (χ1v) is 9.53. The Labute approximate surface area is 157 Å².